The Bertz CT molecular complexity index is 4690. The summed E-state index contributed by atoms with van der Waals surface area (Å²) in [6, 6.07) is 16.2. The van der Waals surface area contributed by atoms with Crippen molar-refractivity contribution in [3.05, 3.63) is 48.5 Å². The number of ether oxygens (including phenoxy) is 8. The monoisotopic (exact) mass is 1700 g/mol. The summed E-state index contributed by atoms with van der Waals surface area (Å²) in [5.74, 6) is 12.6. The van der Waals surface area contributed by atoms with Crippen LogP contribution in [0, 0.1) is 5.92 Å². The van der Waals surface area contributed by atoms with Crippen LogP contribution in [0.25, 0.3) is 43.6 Å². The summed E-state index contributed by atoms with van der Waals surface area (Å²) in [7, 11) is 32.5. The molecule has 8 fully saturated rings. The number of likely N-dealkylation sites (tertiary alicyclic amines) is 1. The number of urea groups is 1. The first-order chi connectivity index (χ1) is 59.2. The van der Waals surface area contributed by atoms with E-state index >= 15 is 0 Å². The molecular formula is C91H136N22O10. The average molecular weight is 1700 g/mol. The first-order valence-electron chi connectivity index (χ1n) is 44.5. The molecule has 9 heterocycles. The number of amides is 3. The number of methoxy groups -OCH3 is 4. The molecule has 670 valence electrons. The summed E-state index contributed by atoms with van der Waals surface area (Å²) in [6.07, 6.45) is 18.2. The fourth-order valence-corrected chi connectivity index (χ4v) is 17.2. The molecule has 0 bridgehead atoms. The third-order valence-electron chi connectivity index (χ3n) is 24.6. The number of rotatable bonds is 21. The van der Waals surface area contributed by atoms with Gasteiger partial charge >= 0.3 is 6.03 Å². The Labute approximate surface area is 727 Å². The maximum atomic E-state index is 12.4. The van der Waals surface area contributed by atoms with Crippen LogP contribution in [0.15, 0.2) is 48.5 Å². The number of likely N-dealkylation sites (N-methyl/N-ethyl adjacent to an activating group) is 2. The van der Waals surface area contributed by atoms with Gasteiger partial charge in [-0.15, -0.1) is 0 Å². The Hall–Kier alpha value is -10.3. The van der Waals surface area contributed by atoms with E-state index in [9.17, 15) is 9.59 Å². The van der Waals surface area contributed by atoms with Gasteiger partial charge in [-0.2, -0.15) is 19.9 Å². The minimum Gasteiger partial charge on any atom is -0.493 e. The van der Waals surface area contributed by atoms with Gasteiger partial charge in [-0.1, -0.05) is 20.3 Å². The second-order valence-electron chi connectivity index (χ2n) is 35.3. The van der Waals surface area contributed by atoms with Crippen LogP contribution >= 0.6 is 0 Å². The fourth-order valence-electron chi connectivity index (χ4n) is 17.2. The first-order valence-corrected chi connectivity index (χ1v) is 44.5. The molecule has 4 aromatic heterocycles. The third kappa shape index (κ3) is 22.2. The average Bonchev–Trinajstić information content (AvgIpc) is 1.07. The zero-order chi connectivity index (χ0) is 87.3. The van der Waals surface area contributed by atoms with E-state index < -0.39 is 0 Å². The van der Waals surface area contributed by atoms with E-state index in [4.69, 9.17) is 77.8 Å². The molecule has 0 unspecified atom stereocenters. The predicted molar refractivity (Wildman–Crippen MR) is 492 cm³/mol. The van der Waals surface area contributed by atoms with Gasteiger partial charge in [0.2, 0.25) is 29.7 Å². The van der Waals surface area contributed by atoms with E-state index in [1.165, 1.54) is 44.9 Å². The zero-order valence-electron chi connectivity index (χ0n) is 76.8. The number of piperazine rings is 4. The predicted octanol–water partition coefficient (Wildman–Crippen LogP) is 11.3. The normalized spacial score (nSPS) is 18.1. The molecule has 8 aliphatic rings. The number of carbonyl (C=O) groups excluding carboxylic acids is 2. The Kier molecular flexibility index (Phi) is 30.4. The molecule has 16 rings (SSSR count). The molecule has 32 nitrogen and oxygen atoms in total. The Morgan fingerprint density at radius 2 is 0.553 bits per heavy atom. The molecule has 4 aromatic carbocycles. The highest BCUT2D eigenvalue weighted by atomic mass is 16.5. The molecule has 32 heteroatoms. The van der Waals surface area contributed by atoms with Crippen molar-refractivity contribution in [3.63, 3.8) is 0 Å². The molecule has 3 saturated carbocycles. The van der Waals surface area contributed by atoms with Gasteiger partial charge < -0.3 is 106 Å². The molecule has 123 heavy (non-hydrogen) atoms. The van der Waals surface area contributed by atoms with Crippen LogP contribution in [-0.4, -0.2) is 343 Å². The standard InChI is InChI=1S/C24H35N5O3.C23H34N6O3.C22H34N6O2.C22H33N5O2/c1-16(2)23(30)29-12-10-28(11-13-29)22-18-14-20(31-5)21(32-17-8-6-7-9-17)15-19(18)25-24(26-22)27(3)4;1-26(2)22-24-18-15-20(32-16-8-6-7-9-16)19(31-5)14-17(18)21(25-22)28-10-12-29(13-11-28)23(30)27(3)4;1-25(2)22-23-18-15-20(30-16-6-8-26(3)9-7-16)19(29-5)14-17(18)21(24-22)28-12-10-27(4)11-13-28;1-25(2)22-23-18-15-20(29-16-8-6-5-7-9-16)19(28-4)14-17(18)21(24-22)27-12-10-26(3)11-13-27/h14-17H,6-13H2,1-5H3;14-16H,6-13H2,1-5H3;14-16H,6-13H2,1-5H3;14-16H,5-13H2,1-4H3. The van der Waals surface area contributed by atoms with E-state index in [1.54, 1.807) is 47.4 Å². The lowest BCUT2D eigenvalue weighted by Gasteiger charge is -2.37. The molecule has 3 amide bonds. The van der Waals surface area contributed by atoms with Crippen LogP contribution in [-0.2, 0) is 4.79 Å². The van der Waals surface area contributed by atoms with E-state index in [-0.39, 0.29) is 42.3 Å². The fraction of sp³-hybridized carbons (Fsp3) is 0.626. The molecule has 0 radical (unpaired) electrons. The lowest BCUT2D eigenvalue weighted by Crippen LogP contribution is -2.51. The van der Waals surface area contributed by atoms with Crippen LogP contribution in [0.1, 0.15) is 110 Å². The second kappa shape index (κ2) is 41.4. The summed E-state index contributed by atoms with van der Waals surface area (Å²) < 4.78 is 48.2. The zero-order valence-corrected chi connectivity index (χ0v) is 76.8. The molecule has 0 N–H and O–H groups in total. The first kappa shape index (κ1) is 90.4. The summed E-state index contributed by atoms with van der Waals surface area (Å²) in [5, 5.41) is 3.90. The van der Waals surface area contributed by atoms with E-state index in [0.29, 0.717) is 68.6 Å². The van der Waals surface area contributed by atoms with Gasteiger partial charge in [0, 0.05) is 240 Å². The van der Waals surface area contributed by atoms with Crippen LogP contribution in [0.3, 0.4) is 0 Å². The Morgan fingerprint density at radius 1 is 0.309 bits per heavy atom. The van der Waals surface area contributed by atoms with Gasteiger partial charge in [0.1, 0.15) is 29.4 Å². The van der Waals surface area contributed by atoms with Crippen LogP contribution in [0.5, 0.6) is 46.0 Å². The molecule has 8 aromatic rings. The van der Waals surface area contributed by atoms with E-state index in [2.05, 4.69) is 61.5 Å². The van der Waals surface area contributed by atoms with E-state index in [1.807, 2.05) is 142 Å². The van der Waals surface area contributed by atoms with Gasteiger partial charge in [-0.25, -0.2) is 24.7 Å². The van der Waals surface area contributed by atoms with Crippen molar-refractivity contribution in [2.24, 2.45) is 5.92 Å². The van der Waals surface area contributed by atoms with Crippen molar-refractivity contribution in [3.8, 4) is 46.0 Å². The second-order valence-corrected chi connectivity index (χ2v) is 35.3. The molecular weight excluding hydrogens is 1560 g/mol. The number of anilines is 8. The van der Waals surface area contributed by atoms with Gasteiger partial charge in [0.25, 0.3) is 0 Å². The molecule has 0 atom stereocenters. The Morgan fingerprint density at radius 3 is 0.805 bits per heavy atom. The van der Waals surface area contributed by atoms with Gasteiger partial charge in [0.15, 0.2) is 46.0 Å². The number of nitrogens with zero attached hydrogens (tertiary/aromatic N) is 22. The smallest absolute Gasteiger partial charge is 0.319 e. The summed E-state index contributed by atoms with van der Waals surface area (Å²) >= 11 is 0. The van der Waals surface area contributed by atoms with Crippen LogP contribution < -0.4 is 77.1 Å². The lowest BCUT2D eigenvalue weighted by atomic mass is 9.98. The van der Waals surface area contributed by atoms with Gasteiger partial charge in [-0.3, -0.25) is 4.79 Å². The number of hydrogen-bond donors (Lipinski definition) is 0. The van der Waals surface area contributed by atoms with Crippen molar-refractivity contribution < 1.29 is 47.5 Å². The number of benzene rings is 4. The maximum Gasteiger partial charge on any atom is 0.319 e. The quantitative estimate of drug-likeness (QED) is 0.0647. The number of piperidine rings is 1. The SMILES string of the molecule is COc1cc2c(N3CCN(C(=O)C(C)C)CC3)nc(N(C)C)nc2cc1OC1CCCC1.COc1cc2c(N3CCN(C(=O)N(C)C)CC3)nc(N(C)C)nc2cc1OC1CCCC1.COc1cc2c(N3CCN(C)CC3)nc(N(C)C)nc2cc1OC1CCCCC1.COc1cc2c(N3CCN(C)CC3)nc(N(C)C)nc2cc1OC1CCN(C)CC1. The highest BCUT2D eigenvalue weighted by molar-refractivity contribution is 5.97. The number of carbonyl (C=O) groups is 2. The minimum absolute atomic E-state index is 0.0179. The molecule has 3 aliphatic carbocycles. The summed E-state index contributed by atoms with van der Waals surface area (Å²) in [4.78, 5) is 92.9. The Balaban J connectivity index is 0.000000141. The minimum atomic E-state index is 0.0179. The van der Waals surface area contributed by atoms with Crippen molar-refractivity contribution in [1.29, 1.82) is 0 Å². The van der Waals surface area contributed by atoms with E-state index in [0.717, 1.165) is 237 Å². The number of aromatic nitrogens is 8. The maximum absolute atomic E-state index is 12.4. The third-order valence-corrected chi connectivity index (χ3v) is 24.6. The highest BCUT2D eigenvalue weighted by Gasteiger charge is 2.33. The molecule has 0 spiro atoms. The van der Waals surface area contributed by atoms with Crippen LogP contribution in [0.4, 0.5) is 51.9 Å². The number of hydrogen-bond acceptors (Lipinski definition) is 29. The van der Waals surface area contributed by atoms with Crippen molar-refractivity contribution in [1.82, 2.24) is 69.3 Å². The van der Waals surface area contributed by atoms with Crippen molar-refractivity contribution >= 4 is 103 Å². The van der Waals surface area contributed by atoms with Crippen molar-refractivity contribution in [2.75, 3.05) is 277 Å². The van der Waals surface area contributed by atoms with Gasteiger partial charge in [-0.05, 0) is 135 Å². The molecule has 5 saturated heterocycles. The largest absolute Gasteiger partial charge is 0.493 e. The lowest BCUT2D eigenvalue weighted by molar-refractivity contribution is -0.134. The van der Waals surface area contributed by atoms with Gasteiger partial charge in [0.05, 0.1) is 68.8 Å². The van der Waals surface area contributed by atoms with Crippen molar-refractivity contribution in [2.45, 2.75) is 135 Å². The summed E-state index contributed by atoms with van der Waals surface area (Å²) in [6.45, 7) is 19.5. The highest BCUT2D eigenvalue weighted by Crippen LogP contribution is 2.44. The summed E-state index contributed by atoms with van der Waals surface area (Å²) in [5.41, 5.74) is 3.48. The topological polar surface area (TPSA) is 256 Å². The van der Waals surface area contributed by atoms with Crippen LogP contribution in [0.2, 0.25) is 0 Å². The number of fused-ring (bicyclic) bond motifs is 4. The molecule has 5 aliphatic heterocycles.